The van der Waals surface area contributed by atoms with Crippen LogP contribution < -0.4 is 11.1 Å². The summed E-state index contributed by atoms with van der Waals surface area (Å²) in [6, 6.07) is 16.7. The minimum Gasteiger partial charge on any atom is -0.383 e. The van der Waals surface area contributed by atoms with E-state index in [9.17, 15) is 4.79 Å². The molecule has 5 atom stereocenters. The normalized spacial score (nSPS) is 24.1. The van der Waals surface area contributed by atoms with Crippen molar-refractivity contribution in [1.29, 1.82) is 0 Å². The Bertz CT molecular complexity index is 1920. The van der Waals surface area contributed by atoms with Crippen LogP contribution in [0.4, 0.5) is 5.82 Å². The van der Waals surface area contributed by atoms with Gasteiger partial charge >= 0.3 is 0 Å². The van der Waals surface area contributed by atoms with E-state index in [1.807, 2.05) is 41.4 Å². The second-order valence-corrected chi connectivity index (χ2v) is 12.2. The topological polar surface area (TPSA) is 129 Å². The Morgan fingerprint density at radius 3 is 2.87 bits per heavy atom. The Kier molecular flexibility index (Phi) is 6.72. The highest BCUT2D eigenvalue weighted by molar-refractivity contribution is 5.87. The molecule has 0 saturated carbocycles. The van der Waals surface area contributed by atoms with Crippen molar-refractivity contribution >= 4 is 22.9 Å². The summed E-state index contributed by atoms with van der Waals surface area (Å²) < 4.78 is 9.93. The van der Waals surface area contributed by atoms with Crippen molar-refractivity contribution in [1.82, 2.24) is 39.5 Å². The summed E-state index contributed by atoms with van der Waals surface area (Å²) in [6.07, 6.45) is 8.76. The van der Waals surface area contributed by atoms with Gasteiger partial charge in [0.25, 0.3) is 0 Å². The quantitative estimate of drug-likeness (QED) is 0.281. The lowest BCUT2D eigenvalue weighted by Crippen LogP contribution is -2.63. The molecular weight excluding hydrogens is 566 g/mol. The summed E-state index contributed by atoms with van der Waals surface area (Å²) in [5.74, 6) is 2.28. The van der Waals surface area contributed by atoms with Crippen LogP contribution in [-0.4, -0.2) is 71.9 Å². The molecule has 0 radical (unpaired) electrons. The summed E-state index contributed by atoms with van der Waals surface area (Å²) >= 11 is 0. The van der Waals surface area contributed by atoms with E-state index < -0.39 is 0 Å². The zero-order valence-electron chi connectivity index (χ0n) is 25.1. The Morgan fingerprint density at radius 2 is 2.04 bits per heavy atom. The van der Waals surface area contributed by atoms with Gasteiger partial charge in [-0.25, -0.2) is 19.6 Å². The molecule has 0 spiro atoms. The van der Waals surface area contributed by atoms with Gasteiger partial charge in [-0.2, -0.15) is 5.10 Å². The summed E-state index contributed by atoms with van der Waals surface area (Å²) in [5.41, 5.74) is 12.2. The summed E-state index contributed by atoms with van der Waals surface area (Å²) in [7, 11) is 0. The number of anilines is 1. The molecule has 6 heterocycles. The maximum atomic E-state index is 12.5. The van der Waals surface area contributed by atoms with E-state index in [-0.39, 0.29) is 35.9 Å². The molecule has 2 saturated heterocycles. The third kappa shape index (κ3) is 4.70. The second kappa shape index (κ2) is 10.9. The van der Waals surface area contributed by atoms with Crippen LogP contribution in [0.1, 0.15) is 30.5 Å². The third-order valence-electron chi connectivity index (χ3n) is 9.68. The molecule has 1 aromatic carbocycles. The fourth-order valence-corrected chi connectivity index (χ4v) is 7.41. The smallest absolute Gasteiger partial charge is 0.245 e. The number of ether oxygens (including phenoxy) is 1. The van der Waals surface area contributed by atoms with Crippen molar-refractivity contribution in [3.63, 3.8) is 0 Å². The van der Waals surface area contributed by atoms with Gasteiger partial charge < -0.3 is 20.7 Å². The number of pyridine rings is 2. The molecule has 3 N–H and O–H groups in total. The summed E-state index contributed by atoms with van der Waals surface area (Å²) in [4.78, 5) is 28.7. The van der Waals surface area contributed by atoms with E-state index in [0.29, 0.717) is 37.2 Å². The SMILES string of the molecule is C=CC(=O)N1C[C@@H]2CO[C@@H](C)[C@H](C1)C2N[C@H]1CCc2cc(-n3c(-c4cccnc4N)nc4ccc(-n5cccn5)nc43)ccc21. The number of rotatable bonds is 6. The van der Waals surface area contributed by atoms with Crippen molar-refractivity contribution < 1.29 is 9.53 Å². The van der Waals surface area contributed by atoms with Crippen LogP contribution in [0.2, 0.25) is 0 Å². The van der Waals surface area contributed by atoms with Crippen molar-refractivity contribution in [3.05, 3.63) is 90.9 Å². The Hall–Kier alpha value is -4.87. The number of fused-ring (bicyclic) bond motifs is 4. The van der Waals surface area contributed by atoms with Crippen LogP contribution in [0, 0.1) is 11.8 Å². The van der Waals surface area contributed by atoms with Crippen molar-refractivity contribution in [3.8, 4) is 22.9 Å². The molecule has 1 unspecified atom stereocenters. The van der Waals surface area contributed by atoms with Crippen molar-refractivity contribution in [2.24, 2.45) is 11.8 Å². The maximum Gasteiger partial charge on any atom is 0.245 e. The maximum absolute atomic E-state index is 12.5. The fraction of sp³-hybridized carbons (Fsp3) is 0.324. The van der Waals surface area contributed by atoms with E-state index in [2.05, 4.69) is 51.7 Å². The number of nitrogens with one attached hydrogen (secondary N) is 1. The highest BCUT2D eigenvalue weighted by Gasteiger charge is 2.45. The number of amides is 1. The van der Waals surface area contributed by atoms with Gasteiger partial charge in [0.1, 0.15) is 11.3 Å². The number of likely N-dealkylation sites (tertiary alicyclic amines) is 1. The number of imidazole rings is 1. The lowest BCUT2D eigenvalue weighted by molar-refractivity contribution is -0.143. The monoisotopic (exact) mass is 601 g/mol. The van der Waals surface area contributed by atoms with Gasteiger partial charge in [0.05, 0.1) is 18.3 Å². The first kappa shape index (κ1) is 27.7. The number of nitrogens with two attached hydrogens (primary N) is 1. The van der Waals surface area contributed by atoms with E-state index >= 15 is 0 Å². The Labute approximate surface area is 260 Å². The van der Waals surface area contributed by atoms with E-state index in [1.165, 1.54) is 17.2 Å². The third-order valence-corrected chi connectivity index (χ3v) is 9.68. The lowest BCUT2D eigenvalue weighted by atomic mass is 9.78. The van der Waals surface area contributed by atoms with Crippen LogP contribution in [0.25, 0.3) is 34.1 Å². The first-order valence-electron chi connectivity index (χ1n) is 15.5. The first-order chi connectivity index (χ1) is 22.0. The molecule has 2 bridgehead atoms. The first-order valence-corrected chi connectivity index (χ1v) is 15.5. The minimum atomic E-state index is 0.00181. The Balaban J connectivity index is 1.15. The number of carbonyl (C=O) groups is 1. The lowest BCUT2D eigenvalue weighted by Gasteiger charge is -2.50. The van der Waals surface area contributed by atoms with Gasteiger partial charge in [0, 0.05) is 61.3 Å². The molecular formula is C34H35N9O2. The highest BCUT2D eigenvalue weighted by atomic mass is 16.5. The average molecular weight is 602 g/mol. The molecule has 2 fully saturated rings. The molecule has 228 valence electrons. The number of benzene rings is 1. The molecule has 11 heteroatoms. The van der Waals surface area contributed by atoms with Crippen molar-refractivity contribution in [2.45, 2.75) is 38.0 Å². The molecule has 5 aromatic rings. The molecule has 1 aliphatic carbocycles. The van der Waals surface area contributed by atoms with Gasteiger partial charge in [0.2, 0.25) is 5.91 Å². The van der Waals surface area contributed by atoms with E-state index in [1.54, 1.807) is 17.1 Å². The summed E-state index contributed by atoms with van der Waals surface area (Å²) in [6.45, 7) is 7.84. The standard InChI is InChI=1S/C34H35N9O2/c1-3-30(44)41-17-22-19-45-20(2)26(18-41)31(22)38-27-10-7-21-16-23(8-9-24(21)27)43-33(25-6-4-13-36-32(25)35)39-28-11-12-29(40-34(28)43)42-15-5-14-37-42/h3-6,8-9,11-16,20,22,26-27,31,38H,1,7,10,17-19H2,2H3,(H2,35,36)/t20-,22+,26-,27-,31?/m0/s1. The average Bonchev–Trinajstić information content (AvgIpc) is 3.81. The zero-order chi connectivity index (χ0) is 30.7. The molecule has 2 aliphatic heterocycles. The number of aryl methyl sites for hydroxylation is 1. The predicted molar refractivity (Wildman–Crippen MR) is 171 cm³/mol. The molecule has 11 nitrogen and oxygen atoms in total. The van der Waals surface area contributed by atoms with Gasteiger partial charge in [-0.05, 0) is 79.4 Å². The predicted octanol–water partition coefficient (Wildman–Crippen LogP) is 3.88. The molecule has 1 amide bonds. The van der Waals surface area contributed by atoms with Gasteiger partial charge in [-0.3, -0.25) is 9.36 Å². The van der Waals surface area contributed by atoms with Crippen LogP contribution in [0.15, 0.2) is 79.8 Å². The van der Waals surface area contributed by atoms with Gasteiger partial charge in [-0.15, -0.1) is 0 Å². The molecule has 45 heavy (non-hydrogen) atoms. The van der Waals surface area contributed by atoms with Crippen LogP contribution in [-0.2, 0) is 16.0 Å². The minimum absolute atomic E-state index is 0.00181. The Morgan fingerprint density at radius 1 is 1.13 bits per heavy atom. The van der Waals surface area contributed by atoms with Gasteiger partial charge in [-0.1, -0.05) is 12.6 Å². The highest BCUT2D eigenvalue weighted by Crippen LogP contribution is 2.39. The molecule has 8 rings (SSSR count). The number of carbonyl (C=O) groups excluding carboxylic acids is 1. The number of aromatic nitrogens is 6. The van der Waals surface area contributed by atoms with Crippen LogP contribution in [0.3, 0.4) is 0 Å². The van der Waals surface area contributed by atoms with E-state index in [4.69, 9.17) is 20.4 Å². The second-order valence-electron chi connectivity index (χ2n) is 12.2. The van der Waals surface area contributed by atoms with E-state index in [0.717, 1.165) is 35.3 Å². The fourth-order valence-electron chi connectivity index (χ4n) is 7.41. The number of nitrogen functional groups attached to an aromatic ring is 1. The molecule has 4 aromatic heterocycles. The molecule has 3 aliphatic rings. The number of hydrogen-bond acceptors (Lipinski definition) is 8. The van der Waals surface area contributed by atoms with Crippen LogP contribution >= 0.6 is 0 Å². The largest absolute Gasteiger partial charge is 0.383 e. The van der Waals surface area contributed by atoms with Crippen LogP contribution in [0.5, 0.6) is 0 Å². The number of piperidine rings is 1. The number of hydrogen-bond donors (Lipinski definition) is 2. The zero-order valence-corrected chi connectivity index (χ0v) is 25.1. The van der Waals surface area contributed by atoms with Gasteiger partial charge in [0.15, 0.2) is 17.3 Å². The van der Waals surface area contributed by atoms with Crippen molar-refractivity contribution in [2.75, 3.05) is 25.4 Å². The number of nitrogens with zero attached hydrogens (tertiary/aromatic N) is 7. The summed E-state index contributed by atoms with van der Waals surface area (Å²) in [5, 5.41) is 8.40.